The minimum atomic E-state index is -0.946. The first-order valence-corrected chi connectivity index (χ1v) is 7.02. The molecule has 118 valence electrons. The molecule has 2 N–H and O–H groups in total. The van der Waals surface area contributed by atoms with Crippen molar-refractivity contribution in [3.63, 3.8) is 0 Å². The Morgan fingerprint density at radius 1 is 1.17 bits per heavy atom. The van der Waals surface area contributed by atoms with Crippen molar-refractivity contribution >= 4 is 34.6 Å². The largest absolute Gasteiger partial charge is 0.515 e. The summed E-state index contributed by atoms with van der Waals surface area (Å²) in [6, 6.07) is 9.73. The Labute approximate surface area is 137 Å². The highest BCUT2D eigenvalue weighted by Crippen LogP contribution is 2.21. The standard InChI is InChI=1S/C17H13ClFNO3/c1-10-2-5-12(18)8-15(10)20-17(23)16(22)14(9-21)11-3-6-13(19)7-4-11/h2-9,21H,1H3,(H,20,23). The number of amides is 1. The van der Waals surface area contributed by atoms with Crippen molar-refractivity contribution < 1.29 is 19.1 Å². The van der Waals surface area contributed by atoms with Gasteiger partial charge in [-0.3, -0.25) is 9.59 Å². The summed E-state index contributed by atoms with van der Waals surface area (Å²) in [6.45, 7) is 1.75. The Morgan fingerprint density at radius 2 is 1.83 bits per heavy atom. The summed E-state index contributed by atoms with van der Waals surface area (Å²) in [6.07, 6.45) is 0.528. The first kappa shape index (κ1) is 16.7. The van der Waals surface area contributed by atoms with Gasteiger partial charge < -0.3 is 10.4 Å². The second-order valence-electron chi connectivity index (χ2n) is 4.79. The van der Waals surface area contributed by atoms with Gasteiger partial charge in [0.2, 0.25) is 0 Å². The van der Waals surface area contributed by atoms with E-state index in [1.807, 2.05) is 0 Å². The van der Waals surface area contributed by atoms with Crippen molar-refractivity contribution in [1.29, 1.82) is 0 Å². The molecular weight excluding hydrogens is 321 g/mol. The van der Waals surface area contributed by atoms with Crippen molar-refractivity contribution in [2.45, 2.75) is 6.92 Å². The third kappa shape index (κ3) is 3.96. The fourth-order valence-electron chi connectivity index (χ4n) is 1.92. The Kier molecular flexibility index (Phi) is 5.13. The number of Topliss-reactive ketones (excluding diaryl/α,β-unsaturated/α-hetero) is 1. The van der Waals surface area contributed by atoms with E-state index in [0.29, 0.717) is 17.0 Å². The molecule has 1 amide bonds. The van der Waals surface area contributed by atoms with Crippen molar-refractivity contribution in [3.8, 4) is 0 Å². The quantitative estimate of drug-likeness (QED) is 0.506. The summed E-state index contributed by atoms with van der Waals surface area (Å²) in [5.41, 5.74) is 1.12. The van der Waals surface area contributed by atoms with Gasteiger partial charge >= 0.3 is 0 Å². The monoisotopic (exact) mass is 333 g/mol. The molecule has 0 fully saturated rings. The number of aliphatic hydroxyl groups is 1. The predicted octanol–water partition coefficient (Wildman–Crippen LogP) is 3.89. The molecule has 2 aromatic rings. The minimum Gasteiger partial charge on any atom is -0.515 e. The zero-order chi connectivity index (χ0) is 17.0. The van der Waals surface area contributed by atoms with Gasteiger partial charge in [0.15, 0.2) is 0 Å². The molecular formula is C17H13ClFNO3. The summed E-state index contributed by atoms with van der Waals surface area (Å²) in [7, 11) is 0. The molecule has 0 aliphatic carbocycles. The van der Waals surface area contributed by atoms with E-state index in [1.54, 1.807) is 19.1 Å². The number of rotatable bonds is 4. The third-order valence-corrected chi connectivity index (χ3v) is 3.42. The van der Waals surface area contributed by atoms with Crippen molar-refractivity contribution in [2.24, 2.45) is 0 Å². The highest BCUT2D eigenvalue weighted by atomic mass is 35.5. The van der Waals surface area contributed by atoms with Gasteiger partial charge in [-0.25, -0.2) is 4.39 Å². The maximum absolute atomic E-state index is 12.9. The van der Waals surface area contributed by atoms with Gasteiger partial charge in [-0.1, -0.05) is 29.8 Å². The van der Waals surface area contributed by atoms with E-state index in [9.17, 15) is 19.1 Å². The Bertz CT molecular complexity index is 785. The maximum atomic E-state index is 12.9. The van der Waals surface area contributed by atoms with Crippen LogP contribution in [0.15, 0.2) is 48.7 Å². The number of aryl methyl sites for hydroxylation is 1. The third-order valence-electron chi connectivity index (χ3n) is 3.18. The normalized spacial score (nSPS) is 11.2. The van der Waals surface area contributed by atoms with Gasteiger partial charge in [0.1, 0.15) is 5.82 Å². The number of carbonyl (C=O) groups is 2. The van der Waals surface area contributed by atoms with Gasteiger partial charge in [0.05, 0.1) is 11.8 Å². The van der Waals surface area contributed by atoms with Crippen molar-refractivity contribution in [1.82, 2.24) is 0 Å². The van der Waals surface area contributed by atoms with Crippen LogP contribution in [0.25, 0.3) is 5.57 Å². The number of halogens is 2. The molecule has 0 saturated carbocycles. The zero-order valence-electron chi connectivity index (χ0n) is 12.1. The lowest BCUT2D eigenvalue weighted by Gasteiger charge is -2.09. The van der Waals surface area contributed by atoms with E-state index >= 15 is 0 Å². The van der Waals surface area contributed by atoms with Crippen LogP contribution in [0.5, 0.6) is 0 Å². The summed E-state index contributed by atoms with van der Waals surface area (Å²) in [5.74, 6) is -2.36. The summed E-state index contributed by atoms with van der Waals surface area (Å²) in [4.78, 5) is 24.3. The van der Waals surface area contributed by atoms with E-state index in [4.69, 9.17) is 11.6 Å². The minimum absolute atomic E-state index is 0.233. The second-order valence-corrected chi connectivity index (χ2v) is 5.23. The Morgan fingerprint density at radius 3 is 2.43 bits per heavy atom. The molecule has 0 aliphatic rings. The van der Waals surface area contributed by atoms with E-state index in [0.717, 1.165) is 17.7 Å². The Hall–Kier alpha value is -2.66. The fraction of sp³-hybridized carbons (Fsp3) is 0.0588. The summed E-state index contributed by atoms with van der Waals surface area (Å²) in [5, 5.41) is 12.1. The van der Waals surface area contributed by atoms with Crippen LogP contribution in [0, 0.1) is 12.7 Å². The summed E-state index contributed by atoms with van der Waals surface area (Å²) < 4.78 is 12.9. The van der Waals surface area contributed by atoms with Crippen LogP contribution >= 0.6 is 11.6 Å². The highest BCUT2D eigenvalue weighted by Gasteiger charge is 2.21. The average Bonchev–Trinajstić information content (AvgIpc) is 2.53. The lowest BCUT2D eigenvalue weighted by molar-refractivity contribution is -0.131. The summed E-state index contributed by atoms with van der Waals surface area (Å²) >= 11 is 5.86. The van der Waals surface area contributed by atoms with E-state index in [-0.39, 0.29) is 11.1 Å². The van der Waals surface area contributed by atoms with Gasteiger partial charge in [0, 0.05) is 10.7 Å². The van der Waals surface area contributed by atoms with Crippen LogP contribution in [0.4, 0.5) is 10.1 Å². The molecule has 0 atom stereocenters. The molecule has 0 radical (unpaired) electrons. The van der Waals surface area contributed by atoms with E-state index < -0.39 is 17.5 Å². The van der Waals surface area contributed by atoms with Gasteiger partial charge in [0.25, 0.3) is 11.7 Å². The van der Waals surface area contributed by atoms with Crippen LogP contribution in [-0.2, 0) is 9.59 Å². The van der Waals surface area contributed by atoms with Crippen LogP contribution in [-0.4, -0.2) is 16.8 Å². The molecule has 0 heterocycles. The smallest absolute Gasteiger partial charge is 0.296 e. The molecule has 0 aromatic heterocycles. The Balaban J connectivity index is 2.22. The van der Waals surface area contributed by atoms with Gasteiger partial charge in [-0.15, -0.1) is 0 Å². The van der Waals surface area contributed by atoms with Gasteiger partial charge in [-0.2, -0.15) is 0 Å². The van der Waals surface area contributed by atoms with E-state index in [1.165, 1.54) is 18.2 Å². The average molecular weight is 334 g/mol. The number of ketones is 1. The first-order valence-electron chi connectivity index (χ1n) is 6.64. The molecule has 0 bridgehead atoms. The van der Waals surface area contributed by atoms with Crippen LogP contribution in [0.3, 0.4) is 0 Å². The number of carbonyl (C=O) groups excluding carboxylic acids is 2. The highest BCUT2D eigenvalue weighted by molar-refractivity contribution is 6.56. The number of benzene rings is 2. The fourth-order valence-corrected chi connectivity index (χ4v) is 2.10. The number of hydrogen-bond donors (Lipinski definition) is 2. The molecule has 0 unspecified atom stereocenters. The molecule has 0 spiro atoms. The maximum Gasteiger partial charge on any atom is 0.296 e. The van der Waals surface area contributed by atoms with E-state index in [2.05, 4.69) is 5.32 Å². The van der Waals surface area contributed by atoms with Gasteiger partial charge in [-0.05, 0) is 42.3 Å². The lowest BCUT2D eigenvalue weighted by atomic mass is 10.0. The molecule has 23 heavy (non-hydrogen) atoms. The van der Waals surface area contributed by atoms with Crippen molar-refractivity contribution in [3.05, 3.63) is 70.7 Å². The number of nitrogens with one attached hydrogen (secondary N) is 1. The van der Waals surface area contributed by atoms with Crippen molar-refractivity contribution in [2.75, 3.05) is 5.32 Å². The number of hydrogen-bond acceptors (Lipinski definition) is 3. The molecule has 0 aliphatic heterocycles. The zero-order valence-corrected chi connectivity index (χ0v) is 12.9. The van der Waals surface area contributed by atoms with Crippen LogP contribution < -0.4 is 5.32 Å². The molecule has 6 heteroatoms. The van der Waals surface area contributed by atoms with Crippen LogP contribution in [0.1, 0.15) is 11.1 Å². The number of aliphatic hydroxyl groups excluding tert-OH is 1. The molecule has 0 saturated heterocycles. The number of anilines is 1. The topological polar surface area (TPSA) is 66.4 Å². The molecule has 2 rings (SSSR count). The lowest BCUT2D eigenvalue weighted by Crippen LogP contribution is -2.24. The molecule has 2 aromatic carbocycles. The molecule has 4 nitrogen and oxygen atoms in total. The first-order chi connectivity index (χ1) is 10.9. The predicted molar refractivity (Wildman–Crippen MR) is 86.8 cm³/mol. The second kappa shape index (κ2) is 7.07. The SMILES string of the molecule is Cc1ccc(Cl)cc1NC(=O)C(=O)C(=CO)c1ccc(F)cc1. The van der Waals surface area contributed by atoms with Crippen LogP contribution in [0.2, 0.25) is 5.02 Å².